The molecule has 1 aliphatic heterocycles. The Morgan fingerprint density at radius 3 is 2.48 bits per heavy atom. The van der Waals surface area contributed by atoms with E-state index in [9.17, 15) is 9.90 Å². The molecule has 2 aromatic heterocycles. The normalized spacial score (nSPS) is 18.9. The first kappa shape index (κ1) is 27.6. The highest BCUT2D eigenvalue weighted by molar-refractivity contribution is 6.04. The van der Waals surface area contributed by atoms with Crippen molar-refractivity contribution in [1.29, 1.82) is 0 Å². The van der Waals surface area contributed by atoms with Gasteiger partial charge in [0, 0.05) is 61.5 Å². The van der Waals surface area contributed by atoms with Crippen LogP contribution in [0.3, 0.4) is 0 Å². The summed E-state index contributed by atoms with van der Waals surface area (Å²) in [6, 6.07) is 24.9. The molecule has 0 bridgehead atoms. The van der Waals surface area contributed by atoms with Crippen LogP contribution in [0, 0.1) is 0 Å². The summed E-state index contributed by atoms with van der Waals surface area (Å²) < 4.78 is 12.9. The van der Waals surface area contributed by atoms with E-state index in [2.05, 4.69) is 27.2 Å². The molecule has 8 nitrogen and oxygen atoms in total. The predicted octanol–water partition coefficient (Wildman–Crippen LogP) is 4.94. The van der Waals surface area contributed by atoms with Crippen molar-refractivity contribution in [2.24, 2.45) is 0 Å². The van der Waals surface area contributed by atoms with Crippen molar-refractivity contribution in [2.75, 3.05) is 25.5 Å². The highest BCUT2D eigenvalue weighted by Gasteiger charge is 2.32. The average molecular weight is 539 g/mol. The summed E-state index contributed by atoms with van der Waals surface area (Å²) in [6.45, 7) is 1.62. The summed E-state index contributed by atoms with van der Waals surface area (Å²) in [6.07, 6.45) is 5.79. The predicted molar refractivity (Wildman–Crippen MR) is 152 cm³/mol. The molecule has 2 aromatic carbocycles. The molecule has 1 aliphatic rings. The molecule has 3 atom stereocenters. The van der Waals surface area contributed by atoms with Gasteiger partial charge in [-0.2, -0.15) is 0 Å². The van der Waals surface area contributed by atoms with E-state index in [0.29, 0.717) is 17.7 Å². The van der Waals surface area contributed by atoms with E-state index in [4.69, 9.17) is 9.47 Å². The highest BCUT2D eigenvalue weighted by Crippen LogP contribution is 2.38. The number of nitrogens with zero attached hydrogens (tertiary/aromatic N) is 3. The van der Waals surface area contributed by atoms with Gasteiger partial charge in [0.1, 0.15) is 0 Å². The number of benzene rings is 2. The van der Waals surface area contributed by atoms with Crippen molar-refractivity contribution in [1.82, 2.24) is 14.9 Å². The molecule has 8 heteroatoms. The van der Waals surface area contributed by atoms with Crippen molar-refractivity contribution in [3.8, 4) is 0 Å². The fourth-order valence-electron chi connectivity index (χ4n) is 4.75. The number of rotatable bonds is 10. The summed E-state index contributed by atoms with van der Waals surface area (Å²) in [5.41, 5.74) is 5.02. The maximum Gasteiger partial charge on any atom is 0.257 e. The van der Waals surface area contributed by atoms with Gasteiger partial charge in [-0.25, -0.2) is 0 Å². The molecular formula is C32H34N4O4. The van der Waals surface area contributed by atoms with Crippen LogP contribution in [-0.2, 0) is 22.5 Å². The Morgan fingerprint density at radius 1 is 0.975 bits per heavy atom. The number of carbonyl (C=O) groups excluding carboxylic acids is 1. The van der Waals surface area contributed by atoms with E-state index in [-0.39, 0.29) is 24.7 Å². The van der Waals surface area contributed by atoms with Gasteiger partial charge in [-0.3, -0.25) is 14.8 Å². The number of carbonyl (C=O) groups is 1. The van der Waals surface area contributed by atoms with Crippen molar-refractivity contribution in [3.63, 3.8) is 0 Å². The van der Waals surface area contributed by atoms with Crippen LogP contribution in [0.2, 0.25) is 0 Å². The maximum atomic E-state index is 12.5. The zero-order valence-corrected chi connectivity index (χ0v) is 22.5. The molecule has 206 valence electrons. The smallest absolute Gasteiger partial charge is 0.257 e. The standard InChI is InChI=1S/C32H34N4O4/c1-36(18-15-27-6-2-3-17-34-27)21-29-19-30(24-9-7-23(22-37)8-10-24)40-32(39-29)25-11-13-28(14-12-25)35-31(38)26-5-4-16-33-20-26/h2-14,16-17,20,29-30,32,37H,15,18-19,21-22H2,1H3,(H,35,38)/t29-,30+,32+/m0/s1. The van der Waals surface area contributed by atoms with Crippen molar-refractivity contribution in [3.05, 3.63) is 125 Å². The Hall–Kier alpha value is -3.95. The number of aromatic nitrogens is 2. The number of nitrogens with one attached hydrogen (secondary N) is 1. The second-order valence-corrected chi connectivity index (χ2v) is 10.0. The average Bonchev–Trinajstić information content (AvgIpc) is 3.01. The third kappa shape index (κ3) is 7.37. The third-order valence-corrected chi connectivity index (χ3v) is 6.97. The molecular weight excluding hydrogens is 504 g/mol. The minimum Gasteiger partial charge on any atom is -0.392 e. The molecule has 0 spiro atoms. The summed E-state index contributed by atoms with van der Waals surface area (Å²) in [7, 11) is 2.10. The first-order valence-corrected chi connectivity index (χ1v) is 13.5. The Bertz CT molecular complexity index is 1350. The van der Waals surface area contributed by atoms with Crippen LogP contribution in [0.5, 0.6) is 0 Å². The van der Waals surface area contributed by atoms with Gasteiger partial charge in [0.2, 0.25) is 0 Å². The van der Waals surface area contributed by atoms with Crippen LogP contribution in [0.15, 0.2) is 97.5 Å². The second-order valence-electron chi connectivity index (χ2n) is 10.0. The Balaban J connectivity index is 1.28. The van der Waals surface area contributed by atoms with Crippen LogP contribution in [0.1, 0.15) is 51.6 Å². The number of anilines is 1. The lowest BCUT2D eigenvalue weighted by Crippen LogP contribution is -2.38. The van der Waals surface area contributed by atoms with Crippen LogP contribution >= 0.6 is 0 Å². The maximum absolute atomic E-state index is 12.5. The molecule has 0 radical (unpaired) electrons. The fourth-order valence-corrected chi connectivity index (χ4v) is 4.75. The van der Waals surface area contributed by atoms with E-state index < -0.39 is 6.29 Å². The first-order valence-electron chi connectivity index (χ1n) is 13.5. The molecule has 0 unspecified atom stereocenters. The molecule has 1 amide bonds. The summed E-state index contributed by atoms with van der Waals surface area (Å²) in [4.78, 5) is 23.2. The van der Waals surface area contributed by atoms with Gasteiger partial charge in [0.05, 0.1) is 24.4 Å². The first-order chi connectivity index (χ1) is 19.6. The monoisotopic (exact) mass is 538 g/mol. The number of hydrogen-bond donors (Lipinski definition) is 2. The van der Waals surface area contributed by atoms with Crippen LogP contribution in [0.4, 0.5) is 5.69 Å². The van der Waals surface area contributed by atoms with Gasteiger partial charge in [-0.05, 0) is 54.6 Å². The molecule has 0 saturated carbocycles. The lowest BCUT2D eigenvalue weighted by molar-refractivity contribution is -0.252. The van der Waals surface area contributed by atoms with Gasteiger partial charge in [0.15, 0.2) is 6.29 Å². The third-order valence-electron chi connectivity index (χ3n) is 6.97. The SMILES string of the molecule is CN(CCc1ccccn1)C[C@@H]1C[C@H](c2ccc(CO)cc2)O[C@H](c2ccc(NC(=O)c3cccnc3)cc2)O1. The van der Waals surface area contributed by atoms with Crippen LogP contribution < -0.4 is 5.32 Å². The van der Waals surface area contributed by atoms with Crippen LogP contribution in [-0.4, -0.2) is 52.1 Å². The number of aliphatic hydroxyl groups excluding tert-OH is 1. The minimum absolute atomic E-state index is 0.00486. The van der Waals surface area contributed by atoms with E-state index in [1.165, 1.54) is 6.20 Å². The zero-order chi connectivity index (χ0) is 27.7. The highest BCUT2D eigenvalue weighted by atomic mass is 16.7. The van der Waals surface area contributed by atoms with Crippen molar-refractivity contribution < 1.29 is 19.4 Å². The quantitative estimate of drug-likeness (QED) is 0.295. The lowest BCUT2D eigenvalue weighted by Gasteiger charge is -2.38. The molecule has 4 aromatic rings. The van der Waals surface area contributed by atoms with E-state index in [1.54, 1.807) is 18.3 Å². The van der Waals surface area contributed by atoms with E-state index >= 15 is 0 Å². The lowest BCUT2D eigenvalue weighted by atomic mass is 9.99. The molecule has 1 fully saturated rings. The number of likely N-dealkylation sites (N-methyl/N-ethyl adjacent to an activating group) is 1. The molecule has 40 heavy (non-hydrogen) atoms. The van der Waals surface area contributed by atoms with Gasteiger partial charge >= 0.3 is 0 Å². The van der Waals surface area contributed by atoms with Gasteiger partial charge in [0.25, 0.3) is 5.91 Å². The second kappa shape index (κ2) is 13.4. The van der Waals surface area contributed by atoms with Gasteiger partial charge in [-0.15, -0.1) is 0 Å². The van der Waals surface area contributed by atoms with Crippen LogP contribution in [0.25, 0.3) is 0 Å². The number of pyridine rings is 2. The van der Waals surface area contributed by atoms with E-state index in [1.807, 2.05) is 72.9 Å². The Kier molecular flexibility index (Phi) is 9.26. The zero-order valence-electron chi connectivity index (χ0n) is 22.5. The summed E-state index contributed by atoms with van der Waals surface area (Å²) in [5, 5.41) is 12.4. The topological polar surface area (TPSA) is 96.8 Å². The molecule has 5 rings (SSSR count). The number of hydrogen-bond acceptors (Lipinski definition) is 7. The van der Waals surface area contributed by atoms with Gasteiger partial charge in [-0.1, -0.05) is 42.5 Å². The molecule has 1 saturated heterocycles. The number of amides is 1. The Morgan fingerprint density at radius 2 is 1.77 bits per heavy atom. The summed E-state index contributed by atoms with van der Waals surface area (Å²) >= 11 is 0. The van der Waals surface area contributed by atoms with Crippen molar-refractivity contribution in [2.45, 2.75) is 37.9 Å². The minimum atomic E-state index is -0.562. The largest absolute Gasteiger partial charge is 0.392 e. The number of aliphatic hydroxyl groups is 1. The van der Waals surface area contributed by atoms with Crippen molar-refractivity contribution >= 4 is 11.6 Å². The Labute approximate surface area is 234 Å². The number of ether oxygens (including phenoxy) is 2. The molecule has 2 N–H and O–H groups in total. The van der Waals surface area contributed by atoms with Gasteiger partial charge < -0.3 is 24.8 Å². The van der Waals surface area contributed by atoms with E-state index in [0.717, 1.165) is 41.9 Å². The summed E-state index contributed by atoms with van der Waals surface area (Å²) in [5.74, 6) is -0.216. The molecule has 3 heterocycles. The fraction of sp³-hybridized carbons (Fsp3) is 0.281. The molecule has 0 aliphatic carbocycles.